The normalized spacial score (nSPS) is 23.7. The summed E-state index contributed by atoms with van der Waals surface area (Å²) in [7, 11) is 0. The van der Waals surface area contributed by atoms with Crippen molar-refractivity contribution in [3.8, 4) is 0 Å². The molecule has 0 aromatic heterocycles. The van der Waals surface area contributed by atoms with Gasteiger partial charge in [-0.1, -0.05) is 17.7 Å². The summed E-state index contributed by atoms with van der Waals surface area (Å²) in [6.45, 7) is 0.300. The third kappa shape index (κ3) is 4.96. The van der Waals surface area contributed by atoms with E-state index >= 15 is 0 Å². The van der Waals surface area contributed by atoms with Crippen molar-refractivity contribution in [2.24, 2.45) is 11.8 Å². The van der Waals surface area contributed by atoms with E-state index in [0.717, 1.165) is 12.1 Å². The Bertz CT molecular complexity index is 812. The van der Waals surface area contributed by atoms with Crippen LogP contribution in [0.3, 0.4) is 0 Å². The lowest BCUT2D eigenvalue weighted by atomic mass is 9.76. The summed E-state index contributed by atoms with van der Waals surface area (Å²) in [6.07, 6.45) is -4.41. The molecule has 1 aromatic carbocycles. The number of alkyl halides is 3. The minimum atomic E-state index is -4.31. The summed E-state index contributed by atoms with van der Waals surface area (Å²) in [5.74, 6) is -4.33. The van der Waals surface area contributed by atoms with Crippen LogP contribution in [0.4, 0.5) is 26.7 Å². The lowest BCUT2D eigenvalue weighted by Crippen LogP contribution is -2.54. The van der Waals surface area contributed by atoms with E-state index in [4.69, 9.17) is 11.6 Å². The Morgan fingerprint density at radius 2 is 1.87 bits per heavy atom. The number of hydrogen-bond donors (Lipinski definition) is 2. The van der Waals surface area contributed by atoms with Crippen molar-refractivity contribution >= 4 is 23.5 Å². The Balaban J connectivity index is 1.83. The lowest BCUT2D eigenvalue weighted by molar-refractivity contribution is -0.184. The molecule has 1 saturated carbocycles. The molecule has 2 aliphatic rings. The number of nitrogens with one attached hydrogen (secondary N) is 2. The summed E-state index contributed by atoms with van der Waals surface area (Å²) >= 11 is 5.68. The minimum Gasteiger partial charge on any atom is -0.353 e. The third-order valence-corrected chi connectivity index (χ3v) is 6.06. The van der Waals surface area contributed by atoms with E-state index in [1.807, 2.05) is 0 Å². The molecule has 1 heterocycles. The second kappa shape index (κ2) is 8.95. The maximum Gasteiger partial charge on any atom is 0.391 e. The van der Waals surface area contributed by atoms with Gasteiger partial charge in [-0.05, 0) is 37.7 Å². The number of piperazine rings is 1. The number of carbonyl (C=O) groups is 2. The number of carbonyl (C=O) groups excluding carboxylic acids is 2. The Morgan fingerprint density at radius 3 is 2.47 bits per heavy atom. The molecular formula is C19H21ClF5N3O2. The molecule has 0 bridgehead atoms. The van der Waals surface area contributed by atoms with Gasteiger partial charge < -0.3 is 15.5 Å². The lowest BCUT2D eigenvalue weighted by Gasteiger charge is -2.37. The Kier molecular flexibility index (Phi) is 6.74. The van der Waals surface area contributed by atoms with Crippen molar-refractivity contribution in [2.45, 2.75) is 37.9 Å². The molecule has 0 radical (unpaired) electrons. The highest BCUT2D eigenvalue weighted by Crippen LogP contribution is 2.44. The molecule has 0 spiro atoms. The highest BCUT2D eigenvalue weighted by atomic mass is 35.5. The molecule has 3 amide bonds. The first-order valence-electron chi connectivity index (χ1n) is 9.60. The minimum absolute atomic E-state index is 0.0910. The topological polar surface area (TPSA) is 61.4 Å². The molecule has 2 N–H and O–H groups in total. The zero-order chi connectivity index (χ0) is 22.1. The smallest absolute Gasteiger partial charge is 0.353 e. The summed E-state index contributed by atoms with van der Waals surface area (Å²) in [4.78, 5) is 25.5. The van der Waals surface area contributed by atoms with E-state index in [-0.39, 0.29) is 56.8 Å². The second-order valence-corrected chi connectivity index (χ2v) is 7.99. The van der Waals surface area contributed by atoms with Crippen molar-refractivity contribution in [3.63, 3.8) is 0 Å². The number of nitrogens with zero attached hydrogens (tertiary/aromatic N) is 1. The number of halogens is 6. The molecule has 0 unspecified atom stereocenters. The Labute approximate surface area is 174 Å². The SMILES string of the molecule is O=C1CN(C(=O)N[C@H](c2ccc(F)c(Cl)c2F)[C@H]2CC[C@H](C(F)(F)F)CC2)CCN1. The molecule has 11 heteroatoms. The van der Waals surface area contributed by atoms with Gasteiger partial charge in [-0.2, -0.15) is 13.2 Å². The molecule has 30 heavy (non-hydrogen) atoms. The Hall–Kier alpha value is -2.10. The van der Waals surface area contributed by atoms with Crippen LogP contribution in [0.15, 0.2) is 12.1 Å². The van der Waals surface area contributed by atoms with Gasteiger partial charge in [0.1, 0.15) is 23.2 Å². The van der Waals surface area contributed by atoms with Crippen LogP contribution in [-0.2, 0) is 4.79 Å². The second-order valence-electron chi connectivity index (χ2n) is 7.62. The van der Waals surface area contributed by atoms with Gasteiger partial charge in [0.25, 0.3) is 0 Å². The number of urea groups is 1. The average Bonchev–Trinajstić information content (AvgIpc) is 2.70. The van der Waals surface area contributed by atoms with E-state index in [0.29, 0.717) is 0 Å². The van der Waals surface area contributed by atoms with Gasteiger partial charge in [-0.3, -0.25) is 4.79 Å². The first kappa shape index (κ1) is 22.6. The Morgan fingerprint density at radius 1 is 1.20 bits per heavy atom. The van der Waals surface area contributed by atoms with Gasteiger partial charge >= 0.3 is 12.2 Å². The van der Waals surface area contributed by atoms with Gasteiger partial charge in [0.05, 0.1) is 12.0 Å². The average molecular weight is 454 g/mol. The van der Waals surface area contributed by atoms with Crippen LogP contribution in [0.2, 0.25) is 5.02 Å². The van der Waals surface area contributed by atoms with Crippen LogP contribution in [0.25, 0.3) is 0 Å². The fraction of sp³-hybridized carbons (Fsp3) is 0.579. The third-order valence-electron chi connectivity index (χ3n) is 5.71. The monoisotopic (exact) mass is 453 g/mol. The fourth-order valence-corrected chi connectivity index (χ4v) is 4.22. The maximum absolute atomic E-state index is 14.7. The molecular weight excluding hydrogens is 433 g/mol. The summed E-state index contributed by atoms with van der Waals surface area (Å²) in [5, 5.41) is 4.47. The molecule has 1 aliphatic carbocycles. The molecule has 1 aromatic rings. The van der Waals surface area contributed by atoms with E-state index in [2.05, 4.69) is 10.6 Å². The molecule has 3 rings (SSSR count). The predicted octanol–water partition coefficient (Wildman–Crippen LogP) is 4.17. The molecule has 1 atom stereocenters. The van der Waals surface area contributed by atoms with Crippen molar-refractivity contribution in [1.82, 2.24) is 15.5 Å². The van der Waals surface area contributed by atoms with Crippen LogP contribution in [0.1, 0.15) is 37.3 Å². The van der Waals surface area contributed by atoms with Crippen LogP contribution in [0, 0.1) is 23.5 Å². The molecule has 1 saturated heterocycles. The molecule has 1 aliphatic heterocycles. The van der Waals surface area contributed by atoms with Gasteiger partial charge in [0, 0.05) is 18.7 Å². The van der Waals surface area contributed by atoms with Gasteiger partial charge in [-0.25, -0.2) is 13.6 Å². The van der Waals surface area contributed by atoms with Crippen LogP contribution >= 0.6 is 11.6 Å². The zero-order valence-electron chi connectivity index (χ0n) is 15.9. The van der Waals surface area contributed by atoms with Gasteiger partial charge in [0.2, 0.25) is 5.91 Å². The van der Waals surface area contributed by atoms with Crippen molar-refractivity contribution < 1.29 is 31.5 Å². The number of amides is 3. The van der Waals surface area contributed by atoms with Gasteiger partial charge in [-0.15, -0.1) is 0 Å². The first-order valence-corrected chi connectivity index (χ1v) is 9.98. The number of rotatable bonds is 3. The fourth-order valence-electron chi connectivity index (χ4n) is 4.05. The van der Waals surface area contributed by atoms with Crippen LogP contribution in [0.5, 0.6) is 0 Å². The molecule has 2 fully saturated rings. The van der Waals surface area contributed by atoms with Crippen LogP contribution < -0.4 is 10.6 Å². The number of hydrogen-bond acceptors (Lipinski definition) is 2. The summed E-state index contributed by atoms with van der Waals surface area (Å²) in [5.41, 5.74) is -0.0910. The predicted molar refractivity (Wildman–Crippen MR) is 98.7 cm³/mol. The maximum atomic E-state index is 14.7. The number of benzene rings is 1. The van der Waals surface area contributed by atoms with E-state index < -0.39 is 46.7 Å². The standard InChI is InChI=1S/C19H21ClF5N3O2/c20-15-13(21)6-5-12(16(15)22)17(10-1-3-11(4-2-10)19(23,24)25)27-18(30)28-8-7-26-14(29)9-28/h5-6,10-11,17H,1-4,7-9H2,(H,26,29)(H,27,30)/t10-,11-,17-/m0/s1. The summed E-state index contributed by atoms with van der Waals surface area (Å²) < 4.78 is 67.3. The molecule has 5 nitrogen and oxygen atoms in total. The first-order chi connectivity index (χ1) is 14.1. The zero-order valence-corrected chi connectivity index (χ0v) is 16.6. The van der Waals surface area contributed by atoms with Crippen molar-refractivity contribution in [3.05, 3.63) is 34.4 Å². The quantitative estimate of drug-likeness (QED) is 0.533. The van der Waals surface area contributed by atoms with Crippen molar-refractivity contribution in [1.29, 1.82) is 0 Å². The van der Waals surface area contributed by atoms with E-state index in [9.17, 15) is 31.5 Å². The largest absolute Gasteiger partial charge is 0.391 e. The highest BCUT2D eigenvalue weighted by Gasteiger charge is 2.43. The van der Waals surface area contributed by atoms with Crippen LogP contribution in [-0.4, -0.2) is 42.6 Å². The molecule has 166 valence electrons. The van der Waals surface area contributed by atoms with Gasteiger partial charge in [0.15, 0.2) is 0 Å². The van der Waals surface area contributed by atoms with E-state index in [1.54, 1.807) is 0 Å². The van der Waals surface area contributed by atoms with E-state index in [1.165, 1.54) is 4.90 Å². The van der Waals surface area contributed by atoms with Crippen molar-refractivity contribution in [2.75, 3.05) is 19.6 Å². The highest BCUT2D eigenvalue weighted by molar-refractivity contribution is 6.31. The summed E-state index contributed by atoms with van der Waals surface area (Å²) in [6, 6.07) is 0.443.